The lowest BCUT2D eigenvalue weighted by Gasteiger charge is -2.16. The summed E-state index contributed by atoms with van der Waals surface area (Å²) in [5.74, 6) is 0.829. The Morgan fingerprint density at radius 3 is 2.71 bits per heavy atom. The fraction of sp³-hybridized carbons (Fsp3) is 0.176. The number of rotatable bonds is 4. The molecule has 3 N–H and O–H groups in total. The molecule has 106 valence electrons. The van der Waals surface area contributed by atoms with E-state index in [1.54, 1.807) is 6.33 Å². The van der Waals surface area contributed by atoms with Gasteiger partial charge in [-0.3, -0.25) is 0 Å². The SMILES string of the molecule is CC(Cc1ccccc1)Nc1ncnc2ccc(N)cc12. The first-order valence-electron chi connectivity index (χ1n) is 7.03. The Bertz CT molecular complexity index is 740. The summed E-state index contributed by atoms with van der Waals surface area (Å²) >= 11 is 0. The van der Waals surface area contributed by atoms with Crippen LogP contribution in [0.3, 0.4) is 0 Å². The zero-order valence-electron chi connectivity index (χ0n) is 12.0. The van der Waals surface area contributed by atoms with Gasteiger partial charge in [-0.15, -0.1) is 0 Å². The van der Waals surface area contributed by atoms with Gasteiger partial charge in [-0.25, -0.2) is 9.97 Å². The fourth-order valence-electron chi connectivity index (χ4n) is 2.44. The van der Waals surface area contributed by atoms with Crippen LogP contribution in [0.4, 0.5) is 11.5 Å². The number of fused-ring (bicyclic) bond motifs is 1. The van der Waals surface area contributed by atoms with Crippen LogP contribution in [-0.4, -0.2) is 16.0 Å². The van der Waals surface area contributed by atoms with Crippen molar-refractivity contribution in [3.05, 3.63) is 60.4 Å². The van der Waals surface area contributed by atoms with Gasteiger partial charge < -0.3 is 11.1 Å². The number of nitrogens with one attached hydrogen (secondary N) is 1. The average Bonchev–Trinajstić information content (AvgIpc) is 2.49. The fourth-order valence-corrected chi connectivity index (χ4v) is 2.44. The molecular formula is C17H18N4. The normalized spacial score (nSPS) is 12.2. The maximum atomic E-state index is 5.86. The number of nitrogens with two attached hydrogens (primary N) is 1. The minimum absolute atomic E-state index is 0.270. The lowest BCUT2D eigenvalue weighted by atomic mass is 10.1. The molecule has 0 radical (unpaired) electrons. The van der Waals surface area contributed by atoms with Crippen molar-refractivity contribution in [1.29, 1.82) is 0 Å². The quantitative estimate of drug-likeness (QED) is 0.719. The molecule has 0 spiro atoms. The van der Waals surface area contributed by atoms with Gasteiger partial charge in [0.1, 0.15) is 12.1 Å². The van der Waals surface area contributed by atoms with Crippen LogP contribution >= 0.6 is 0 Å². The predicted octanol–water partition coefficient (Wildman–Crippen LogP) is 3.26. The maximum Gasteiger partial charge on any atom is 0.137 e. The molecule has 4 heteroatoms. The lowest BCUT2D eigenvalue weighted by molar-refractivity contribution is 0.785. The van der Waals surface area contributed by atoms with Crippen molar-refractivity contribution in [2.45, 2.75) is 19.4 Å². The van der Waals surface area contributed by atoms with Crippen molar-refractivity contribution in [3.63, 3.8) is 0 Å². The lowest BCUT2D eigenvalue weighted by Crippen LogP contribution is -2.19. The summed E-state index contributed by atoms with van der Waals surface area (Å²) in [7, 11) is 0. The van der Waals surface area contributed by atoms with Gasteiger partial charge in [0.25, 0.3) is 0 Å². The molecule has 2 aromatic carbocycles. The van der Waals surface area contributed by atoms with Gasteiger partial charge in [0.15, 0.2) is 0 Å². The second kappa shape index (κ2) is 5.79. The van der Waals surface area contributed by atoms with Crippen molar-refractivity contribution in [1.82, 2.24) is 9.97 Å². The summed E-state index contributed by atoms with van der Waals surface area (Å²) in [6, 6.07) is 16.4. The molecule has 0 aliphatic carbocycles. The van der Waals surface area contributed by atoms with Crippen LogP contribution in [-0.2, 0) is 6.42 Å². The molecule has 1 unspecified atom stereocenters. The van der Waals surface area contributed by atoms with Gasteiger partial charge in [0.2, 0.25) is 0 Å². The van der Waals surface area contributed by atoms with Crippen LogP contribution in [0, 0.1) is 0 Å². The molecule has 3 rings (SSSR count). The summed E-state index contributed by atoms with van der Waals surface area (Å²) in [6.45, 7) is 2.15. The molecule has 4 nitrogen and oxygen atoms in total. The Hall–Kier alpha value is -2.62. The van der Waals surface area contributed by atoms with E-state index in [0.717, 1.165) is 28.8 Å². The molecule has 1 atom stereocenters. The highest BCUT2D eigenvalue weighted by Crippen LogP contribution is 2.22. The number of hydrogen-bond acceptors (Lipinski definition) is 4. The molecule has 1 heterocycles. The summed E-state index contributed by atoms with van der Waals surface area (Å²) in [5.41, 5.74) is 8.78. The van der Waals surface area contributed by atoms with E-state index >= 15 is 0 Å². The molecule has 0 saturated carbocycles. The Kier molecular flexibility index (Phi) is 3.69. The molecule has 0 fully saturated rings. The Labute approximate surface area is 124 Å². The summed E-state index contributed by atoms with van der Waals surface area (Å²) in [6.07, 6.45) is 2.52. The minimum atomic E-state index is 0.270. The van der Waals surface area contributed by atoms with Crippen LogP contribution in [0.15, 0.2) is 54.9 Å². The van der Waals surface area contributed by atoms with Crippen LogP contribution in [0.1, 0.15) is 12.5 Å². The van der Waals surface area contributed by atoms with E-state index in [2.05, 4.69) is 46.5 Å². The number of anilines is 2. The molecule has 1 aromatic heterocycles. The van der Waals surface area contributed by atoms with Crippen molar-refractivity contribution in [2.75, 3.05) is 11.1 Å². The van der Waals surface area contributed by atoms with E-state index in [0.29, 0.717) is 0 Å². The van der Waals surface area contributed by atoms with Crippen molar-refractivity contribution in [3.8, 4) is 0 Å². The second-order valence-electron chi connectivity index (χ2n) is 5.23. The molecule has 0 bridgehead atoms. The van der Waals surface area contributed by atoms with Gasteiger partial charge in [-0.05, 0) is 37.1 Å². The van der Waals surface area contributed by atoms with Gasteiger partial charge in [0, 0.05) is 17.1 Å². The minimum Gasteiger partial charge on any atom is -0.399 e. The number of benzene rings is 2. The molecule has 0 aliphatic heterocycles. The third-order valence-electron chi connectivity index (χ3n) is 3.43. The van der Waals surface area contributed by atoms with E-state index in [1.807, 2.05) is 24.3 Å². The third-order valence-corrected chi connectivity index (χ3v) is 3.43. The summed E-state index contributed by atoms with van der Waals surface area (Å²) in [5, 5.41) is 4.41. The van der Waals surface area contributed by atoms with E-state index in [4.69, 9.17) is 5.73 Å². The zero-order chi connectivity index (χ0) is 14.7. The maximum absolute atomic E-state index is 5.86. The van der Waals surface area contributed by atoms with Crippen LogP contribution < -0.4 is 11.1 Å². The van der Waals surface area contributed by atoms with E-state index < -0.39 is 0 Å². The second-order valence-corrected chi connectivity index (χ2v) is 5.23. The highest BCUT2D eigenvalue weighted by Gasteiger charge is 2.08. The number of aromatic nitrogens is 2. The predicted molar refractivity (Wildman–Crippen MR) is 87.2 cm³/mol. The topological polar surface area (TPSA) is 63.8 Å². The summed E-state index contributed by atoms with van der Waals surface area (Å²) < 4.78 is 0. The van der Waals surface area contributed by atoms with Crippen molar-refractivity contribution >= 4 is 22.4 Å². The van der Waals surface area contributed by atoms with Crippen LogP contribution in [0.5, 0.6) is 0 Å². The third kappa shape index (κ3) is 3.11. The van der Waals surface area contributed by atoms with Gasteiger partial charge in [-0.1, -0.05) is 30.3 Å². The highest BCUT2D eigenvalue weighted by atomic mass is 15.0. The summed E-state index contributed by atoms with van der Waals surface area (Å²) in [4.78, 5) is 8.62. The van der Waals surface area contributed by atoms with E-state index in [1.165, 1.54) is 5.56 Å². The van der Waals surface area contributed by atoms with Crippen LogP contribution in [0.2, 0.25) is 0 Å². The van der Waals surface area contributed by atoms with Crippen LogP contribution in [0.25, 0.3) is 10.9 Å². The zero-order valence-corrected chi connectivity index (χ0v) is 12.0. The first-order chi connectivity index (χ1) is 10.2. The monoisotopic (exact) mass is 278 g/mol. The standard InChI is InChI=1S/C17H18N4/c1-12(9-13-5-3-2-4-6-13)21-17-15-10-14(18)7-8-16(15)19-11-20-17/h2-8,10-12H,9,18H2,1H3,(H,19,20,21). The van der Waals surface area contributed by atoms with Gasteiger partial charge in [-0.2, -0.15) is 0 Å². The van der Waals surface area contributed by atoms with Crippen molar-refractivity contribution < 1.29 is 0 Å². The van der Waals surface area contributed by atoms with Gasteiger partial charge in [0.05, 0.1) is 5.52 Å². The van der Waals surface area contributed by atoms with Crippen molar-refractivity contribution in [2.24, 2.45) is 0 Å². The Morgan fingerprint density at radius 2 is 1.90 bits per heavy atom. The number of nitrogens with zero attached hydrogens (tertiary/aromatic N) is 2. The number of hydrogen-bond donors (Lipinski definition) is 2. The molecular weight excluding hydrogens is 260 g/mol. The number of nitrogen functional groups attached to an aromatic ring is 1. The first kappa shape index (κ1) is 13.4. The molecule has 0 saturated heterocycles. The largest absolute Gasteiger partial charge is 0.399 e. The molecule has 0 amide bonds. The average molecular weight is 278 g/mol. The van der Waals surface area contributed by atoms with Gasteiger partial charge >= 0.3 is 0 Å². The molecule has 21 heavy (non-hydrogen) atoms. The van der Waals surface area contributed by atoms with E-state index in [-0.39, 0.29) is 6.04 Å². The Balaban J connectivity index is 1.83. The molecule has 3 aromatic rings. The first-order valence-corrected chi connectivity index (χ1v) is 7.03. The highest BCUT2D eigenvalue weighted by molar-refractivity contribution is 5.91. The Morgan fingerprint density at radius 1 is 1.10 bits per heavy atom. The molecule has 0 aliphatic rings. The smallest absolute Gasteiger partial charge is 0.137 e. The van der Waals surface area contributed by atoms with E-state index in [9.17, 15) is 0 Å².